The molecule has 2 heteroatoms. The van der Waals surface area contributed by atoms with Crippen molar-refractivity contribution in [3.8, 4) is 0 Å². The Bertz CT molecular complexity index is 27.3. The zero-order valence-electron chi connectivity index (χ0n) is 4.69. The van der Waals surface area contributed by atoms with Gasteiger partial charge in [0.1, 0.15) is 0 Å². The van der Waals surface area contributed by atoms with Crippen LogP contribution < -0.4 is 5.73 Å². The normalized spacial score (nSPS) is 9.43. The van der Waals surface area contributed by atoms with Gasteiger partial charge in [-0.25, -0.2) is 0 Å². The van der Waals surface area contributed by atoms with Crippen LogP contribution in [0.1, 0.15) is 19.3 Å². The Balaban J connectivity index is 2.45. The molecule has 0 aromatic heterocycles. The summed E-state index contributed by atoms with van der Waals surface area (Å²) in [5.41, 5.74) is 5.28. The molecule has 42 valence electrons. The van der Waals surface area contributed by atoms with Crippen LogP contribution in [0, 0.1) is 0 Å². The minimum absolute atomic E-state index is 0.876. The van der Waals surface area contributed by atoms with Gasteiger partial charge >= 0.3 is 58.5 Å². The first-order valence-electron chi connectivity index (χ1n) is 2.82. The summed E-state index contributed by atoms with van der Waals surface area (Å²) in [6.07, 6.45) is 3.97. The zero-order valence-corrected chi connectivity index (χ0v) is 7.99. The molecule has 2 radical (unpaired) electrons. The fourth-order valence-corrected chi connectivity index (χ4v) is 1.29. The van der Waals surface area contributed by atoms with Crippen LogP contribution in [-0.4, -0.2) is 29.1 Å². The van der Waals surface area contributed by atoms with Crippen LogP contribution in [-0.2, 0) is 0 Å². The van der Waals surface area contributed by atoms with Crippen molar-refractivity contribution in [1.29, 1.82) is 0 Å². The molecular formula is C5H13NSn. The molecule has 0 rings (SSSR count). The van der Waals surface area contributed by atoms with Crippen molar-refractivity contribution in [3.05, 3.63) is 0 Å². The molecule has 0 aromatic carbocycles. The molecule has 0 aliphatic carbocycles. The molecule has 0 amide bonds. The maximum absolute atomic E-state index is 5.28. The van der Waals surface area contributed by atoms with Gasteiger partial charge in [-0.1, -0.05) is 0 Å². The van der Waals surface area contributed by atoms with Gasteiger partial charge in [-0.2, -0.15) is 0 Å². The Kier molecular flexibility index (Phi) is 7.49. The molecule has 0 aliphatic rings. The van der Waals surface area contributed by atoms with Gasteiger partial charge in [0.2, 0.25) is 0 Å². The Morgan fingerprint density at radius 3 is 2.29 bits per heavy atom. The summed E-state index contributed by atoms with van der Waals surface area (Å²) in [6, 6.07) is 0. The van der Waals surface area contributed by atoms with Gasteiger partial charge < -0.3 is 0 Å². The minimum atomic E-state index is 0.876. The zero-order chi connectivity index (χ0) is 5.54. The van der Waals surface area contributed by atoms with E-state index in [1.165, 1.54) is 46.2 Å². The number of rotatable bonds is 4. The molecule has 0 saturated heterocycles. The second-order valence-corrected chi connectivity index (χ2v) is 3.29. The first kappa shape index (κ1) is 7.76. The Hall–Kier alpha value is 0.759. The molecule has 0 unspecified atom stereocenters. The Labute approximate surface area is 58.7 Å². The standard InChI is InChI=1S/C5H12N.Sn.H/c1-2-3-4-5-6;;/h1-6H2;;. The van der Waals surface area contributed by atoms with E-state index >= 15 is 0 Å². The van der Waals surface area contributed by atoms with E-state index in [9.17, 15) is 0 Å². The van der Waals surface area contributed by atoms with Crippen molar-refractivity contribution in [2.75, 3.05) is 6.54 Å². The molecule has 0 atom stereocenters. The molecule has 7 heavy (non-hydrogen) atoms. The maximum atomic E-state index is 5.28. The van der Waals surface area contributed by atoms with Crippen LogP contribution in [0.25, 0.3) is 0 Å². The third-order valence-electron chi connectivity index (χ3n) is 0.908. The summed E-state index contributed by atoms with van der Waals surface area (Å²) < 4.78 is 1.44. The second-order valence-electron chi connectivity index (χ2n) is 1.64. The van der Waals surface area contributed by atoms with Crippen molar-refractivity contribution in [2.24, 2.45) is 5.73 Å². The van der Waals surface area contributed by atoms with Crippen LogP contribution in [0.5, 0.6) is 0 Å². The van der Waals surface area contributed by atoms with Gasteiger partial charge in [0.05, 0.1) is 0 Å². The Morgan fingerprint density at radius 2 is 1.86 bits per heavy atom. The predicted octanol–water partition coefficient (Wildman–Crippen LogP) is 0.435. The van der Waals surface area contributed by atoms with E-state index in [0.29, 0.717) is 0 Å². The Morgan fingerprint density at radius 1 is 1.14 bits per heavy atom. The van der Waals surface area contributed by atoms with Crippen LogP contribution in [0.4, 0.5) is 0 Å². The molecule has 1 nitrogen and oxygen atoms in total. The van der Waals surface area contributed by atoms with E-state index in [1.54, 1.807) is 0 Å². The third-order valence-corrected chi connectivity index (χ3v) is 2.07. The van der Waals surface area contributed by atoms with Crippen LogP contribution in [0.2, 0.25) is 4.44 Å². The van der Waals surface area contributed by atoms with E-state index in [-0.39, 0.29) is 0 Å². The van der Waals surface area contributed by atoms with Gasteiger partial charge in [-0.3, -0.25) is 0 Å². The van der Waals surface area contributed by atoms with Crippen LogP contribution in [0.15, 0.2) is 0 Å². The fourth-order valence-electron chi connectivity index (χ4n) is 0.465. The van der Waals surface area contributed by atoms with Crippen molar-refractivity contribution < 1.29 is 0 Å². The van der Waals surface area contributed by atoms with Crippen molar-refractivity contribution in [2.45, 2.75) is 23.7 Å². The molecule has 0 aliphatic heterocycles. The monoisotopic (exact) mass is 207 g/mol. The molecular weight excluding hydrogens is 193 g/mol. The van der Waals surface area contributed by atoms with Gasteiger partial charge in [0.25, 0.3) is 0 Å². The molecule has 0 heterocycles. The first-order valence-corrected chi connectivity index (χ1v) is 5.15. The summed E-state index contributed by atoms with van der Waals surface area (Å²) in [4.78, 5) is 0. The van der Waals surface area contributed by atoms with E-state index in [0.717, 1.165) is 6.54 Å². The molecule has 0 aromatic rings. The predicted molar refractivity (Wildman–Crippen MR) is 34.9 cm³/mol. The van der Waals surface area contributed by atoms with E-state index in [2.05, 4.69) is 0 Å². The average Bonchev–Trinajstić information content (AvgIpc) is 1.69. The van der Waals surface area contributed by atoms with Gasteiger partial charge in [0, 0.05) is 0 Å². The summed E-state index contributed by atoms with van der Waals surface area (Å²) in [5, 5.41) is 0. The van der Waals surface area contributed by atoms with Crippen molar-refractivity contribution in [3.63, 3.8) is 0 Å². The number of nitrogens with two attached hydrogens (primary N) is 1. The van der Waals surface area contributed by atoms with E-state index < -0.39 is 0 Å². The topological polar surface area (TPSA) is 26.0 Å². The fraction of sp³-hybridized carbons (Fsp3) is 1.00. The van der Waals surface area contributed by atoms with Gasteiger partial charge in [-0.05, 0) is 0 Å². The molecule has 2 N–H and O–H groups in total. The second kappa shape index (κ2) is 6.76. The molecule has 0 spiro atoms. The van der Waals surface area contributed by atoms with Crippen molar-refractivity contribution in [1.82, 2.24) is 0 Å². The van der Waals surface area contributed by atoms with Crippen LogP contribution >= 0.6 is 0 Å². The number of hydrogen-bond acceptors (Lipinski definition) is 1. The van der Waals surface area contributed by atoms with Gasteiger partial charge in [-0.15, -0.1) is 0 Å². The van der Waals surface area contributed by atoms with E-state index in [4.69, 9.17) is 5.73 Å². The SMILES string of the molecule is NCCCC[CH2][SnH]. The molecule has 0 bridgehead atoms. The van der Waals surface area contributed by atoms with Gasteiger partial charge in [0.15, 0.2) is 0 Å². The average molecular weight is 206 g/mol. The molecule has 0 fully saturated rings. The van der Waals surface area contributed by atoms with Crippen LogP contribution in [0.3, 0.4) is 0 Å². The quantitative estimate of drug-likeness (QED) is 0.523. The number of hydrogen-bond donors (Lipinski definition) is 1. The van der Waals surface area contributed by atoms with E-state index in [1.807, 2.05) is 0 Å². The summed E-state index contributed by atoms with van der Waals surface area (Å²) in [7, 11) is 0. The summed E-state index contributed by atoms with van der Waals surface area (Å²) >= 11 is 1.42. The summed E-state index contributed by atoms with van der Waals surface area (Å²) in [5.74, 6) is 0. The first-order chi connectivity index (χ1) is 3.41. The number of unbranched alkanes of at least 4 members (excludes halogenated alkanes) is 2. The molecule has 0 saturated carbocycles. The summed E-state index contributed by atoms with van der Waals surface area (Å²) in [6.45, 7) is 0.876. The van der Waals surface area contributed by atoms with Crippen molar-refractivity contribution >= 4 is 22.5 Å². The third kappa shape index (κ3) is 6.76.